The first-order valence-electron chi connectivity index (χ1n) is 11.5. The second kappa shape index (κ2) is 9.03. The van der Waals surface area contributed by atoms with E-state index in [4.69, 9.17) is 0 Å². The van der Waals surface area contributed by atoms with Crippen LogP contribution in [0.25, 0.3) is 11.4 Å². The number of aryl methyl sites for hydroxylation is 1. The van der Waals surface area contributed by atoms with Gasteiger partial charge in [-0.15, -0.1) is 11.8 Å². The topological polar surface area (TPSA) is 83.9 Å². The number of imidazole rings is 1. The molecule has 0 aliphatic carbocycles. The van der Waals surface area contributed by atoms with Crippen molar-refractivity contribution in [1.82, 2.24) is 33.9 Å². The number of piperazine rings is 1. The number of hydrogen-bond donors (Lipinski definition) is 0. The monoisotopic (exact) mass is 484 g/mol. The molecule has 10 heteroatoms. The highest BCUT2D eigenvalue weighted by atomic mass is 32.2. The number of fused-ring (bicyclic) bond motifs is 2. The van der Waals surface area contributed by atoms with E-state index in [0.29, 0.717) is 24.4 Å². The maximum Gasteiger partial charge on any atom is 0.254 e. The highest BCUT2D eigenvalue weighted by Crippen LogP contribution is 2.24. The predicted molar refractivity (Wildman–Crippen MR) is 135 cm³/mol. The summed E-state index contributed by atoms with van der Waals surface area (Å²) in [6.07, 6.45) is 5.58. The minimum atomic E-state index is 0.0679. The van der Waals surface area contributed by atoms with Crippen LogP contribution in [0.4, 0.5) is 5.82 Å². The molecule has 1 aliphatic heterocycles. The standard InChI is InChI=1S/C25H24N8OS/c1-18-14-23(33-25(28-18)26-17-27-33)30-10-12-31(13-11-30)24(34)19-5-7-21(8-6-19)35-16-20-15-32-9-3-2-4-22(32)29-20/h2-9,14-15,17H,10-13,16H2,1H3. The lowest BCUT2D eigenvalue weighted by Crippen LogP contribution is -2.49. The first-order valence-corrected chi connectivity index (χ1v) is 12.5. The van der Waals surface area contributed by atoms with Crippen LogP contribution in [0.15, 0.2) is 72.1 Å². The Bertz CT molecular complexity index is 1470. The summed E-state index contributed by atoms with van der Waals surface area (Å²) in [5, 5.41) is 4.30. The number of amides is 1. The van der Waals surface area contributed by atoms with Crippen LogP contribution >= 0.6 is 11.8 Å². The number of nitrogens with zero attached hydrogens (tertiary/aromatic N) is 8. The van der Waals surface area contributed by atoms with Gasteiger partial charge in [-0.1, -0.05) is 6.07 Å². The molecule has 1 aliphatic rings. The molecule has 0 N–H and O–H groups in total. The number of thioether (sulfide) groups is 1. The number of aromatic nitrogens is 6. The first-order chi connectivity index (χ1) is 17.1. The fourth-order valence-electron chi connectivity index (χ4n) is 4.37. The first kappa shape index (κ1) is 21.6. The molecule has 1 amide bonds. The summed E-state index contributed by atoms with van der Waals surface area (Å²) in [6, 6.07) is 15.9. The Morgan fingerprint density at radius 1 is 1.03 bits per heavy atom. The lowest BCUT2D eigenvalue weighted by atomic mass is 10.2. The van der Waals surface area contributed by atoms with E-state index >= 15 is 0 Å². The van der Waals surface area contributed by atoms with Gasteiger partial charge in [-0.25, -0.2) is 9.97 Å². The van der Waals surface area contributed by atoms with Crippen LogP contribution in [0.3, 0.4) is 0 Å². The van der Waals surface area contributed by atoms with Crippen molar-refractivity contribution in [2.24, 2.45) is 0 Å². The summed E-state index contributed by atoms with van der Waals surface area (Å²) in [4.78, 5) is 31.6. The second-order valence-corrected chi connectivity index (χ2v) is 9.57. The Morgan fingerprint density at radius 3 is 2.66 bits per heavy atom. The van der Waals surface area contributed by atoms with Crippen molar-refractivity contribution >= 4 is 34.9 Å². The van der Waals surface area contributed by atoms with Gasteiger partial charge in [0.1, 0.15) is 17.8 Å². The molecule has 9 nitrogen and oxygen atoms in total. The second-order valence-electron chi connectivity index (χ2n) is 8.52. The summed E-state index contributed by atoms with van der Waals surface area (Å²) in [5.74, 6) is 2.41. The average molecular weight is 485 g/mol. The largest absolute Gasteiger partial charge is 0.353 e. The van der Waals surface area contributed by atoms with Crippen LogP contribution in [-0.2, 0) is 5.75 Å². The molecule has 176 valence electrons. The molecule has 0 unspecified atom stereocenters. The molecule has 5 heterocycles. The highest BCUT2D eigenvalue weighted by molar-refractivity contribution is 7.98. The van der Waals surface area contributed by atoms with Crippen LogP contribution in [0, 0.1) is 6.92 Å². The van der Waals surface area contributed by atoms with E-state index in [1.165, 1.54) is 6.33 Å². The van der Waals surface area contributed by atoms with Crippen LogP contribution in [0.1, 0.15) is 21.7 Å². The third kappa shape index (κ3) is 4.32. The van der Waals surface area contributed by atoms with Gasteiger partial charge in [0.25, 0.3) is 11.7 Å². The molecule has 1 fully saturated rings. The predicted octanol–water partition coefficient (Wildman–Crippen LogP) is 3.34. The quantitative estimate of drug-likeness (QED) is 0.354. The molecule has 0 atom stereocenters. The van der Waals surface area contributed by atoms with E-state index in [9.17, 15) is 4.79 Å². The Hall–Kier alpha value is -3.92. The molecule has 0 spiro atoms. The van der Waals surface area contributed by atoms with Gasteiger partial charge in [-0.3, -0.25) is 4.79 Å². The van der Waals surface area contributed by atoms with Crippen LogP contribution in [0.2, 0.25) is 0 Å². The molecule has 0 radical (unpaired) electrons. The van der Waals surface area contributed by atoms with E-state index in [2.05, 4.69) is 31.1 Å². The zero-order valence-corrected chi connectivity index (χ0v) is 20.1. The summed E-state index contributed by atoms with van der Waals surface area (Å²) < 4.78 is 3.79. The third-order valence-electron chi connectivity index (χ3n) is 6.15. The fraction of sp³-hybridized carbons (Fsp3) is 0.240. The summed E-state index contributed by atoms with van der Waals surface area (Å²) >= 11 is 1.72. The molecule has 5 aromatic rings. The molecular weight excluding hydrogens is 460 g/mol. The molecule has 1 saturated heterocycles. The van der Waals surface area contributed by atoms with Crippen LogP contribution in [0.5, 0.6) is 0 Å². The number of anilines is 1. The number of carbonyl (C=O) groups excluding carboxylic acids is 1. The van der Waals surface area contributed by atoms with Gasteiger partial charge in [0, 0.05) is 66.5 Å². The van der Waals surface area contributed by atoms with E-state index in [-0.39, 0.29) is 5.91 Å². The lowest BCUT2D eigenvalue weighted by molar-refractivity contribution is 0.0746. The average Bonchev–Trinajstić information content (AvgIpc) is 3.53. The number of carbonyl (C=O) groups is 1. The molecule has 0 bridgehead atoms. The molecule has 1 aromatic carbocycles. The number of hydrogen-bond acceptors (Lipinski definition) is 7. The van der Waals surface area contributed by atoms with Gasteiger partial charge in [0.05, 0.1) is 5.69 Å². The lowest BCUT2D eigenvalue weighted by Gasteiger charge is -2.36. The van der Waals surface area contributed by atoms with Crippen LogP contribution < -0.4 is 4.90 Å². The third-order valence-corrected chi connectivity index (χ3v) is 7.20. The van der Waals surface area contributed by atoms with Crippen LogP contribution in [-0.4, -0.2) is 66.0 Å². The van der Waals surface area contributed by atoms with Crippen molar-refractivity contribution in [1.29, 1.82) is 0 Å². The Kier molecular flexibility index (Phi) is 5.57. The Labute approximate surface area is 206 Å². The minimum absolute atomic E-state index is 0.0679. The van der Waals surface area contributed by atoms with Crippen molar-refractivity contribution in [3.8, 4) is 0 Å². The van der Waals surface area contributed by atoms with Gasteiger partial charge in [0.2, 0.25) is 0 Å². The van der Waals surface area contributed by atoms with Crippen molar-refractivity contribution in [2.45, 2.75) is 17.6 Å². The smallest absolute Gasteiger partial charge is 0.254 e. The zero-order valence-electron chi connectivity index (χ0n) is 19.3. The maximum atomic E-state index is 13.1. The number of benzene rings is 1. The number of rotatable bonds is 5. The zero-order chi connectivity index (χ0) is 23.8. The van der Waals surface area contributed by atoms with E-state index in [1.807, 2.05) is 71.0 Å². The van der Waals surface area contributed by atoms with Gasteiger partial charge in [-0.2, -0.15) is 14.6 Å². The van der Waals surface area contributed by atoms with E-state index in [0.717, 1.165) is 46.6 Å². The Balaban J connectivity index is 1.07. The summed E-state index contributed by atoms with van der Waals surface area (Å²) in [5.41, 5.74) is 3.60. The van der Waals surface area contributed by atoms with E-state index in [1.54, 1.807) is 16.3 Å². The van der Waals surface area contributed by atoms with Crippen molar-refractivity contribution in [2.75, 3.05) is 31.1 Å². The van der Waals surface area contributed by atoms with Gasteiger partial charge < -0.3 is 14.2 Å². The molecular formula is C25H24N8OS. The molecule has 35 heavy (non-hydrogen) atoms. The molecule has 0 saturated carbocycles. The van der Waals surface area contributed by atoms with Gasteiger partial charge in [0.15, 0.2) is 0 Å². The number of pyridine rings is 1. The molecule has 4 aromatic heterocycles. The van der Waals surface area contributed by atoms with Crippen molar-refractivity contribution in [3.63, 3.8) is 0 Å². The highest BCUT2D eigenvalue weighted by Gasteiger charge is 2.24. The van der Waals surface area contributed by atoms with Crippen molar-refractivity contribution in [3.05, 3.63) is 84.2 Å². The summed E-state index contributed by atoms with van der Waals surface area (Å²) in [6.45, 7) is 4.73. The minimum Gasteiger partial charge on any atom is -0.353 e. The SMILES string of the molecule is Cc1cc(N2CCN(C(=O)c3ccc(SCc4cn5ccccc5n4)cc3)CC2)n2ncnc2n1. The summed E-state index contributed by atoms with van der Waals surface area (Å²) in [7, 11) is 0. The van der Waals surface area contributed by atoms with Gasteiger partial charge in [-0.05, 0) is 43.3 Å². The molecule has 6 rings (SSSR count). The fourth-order valence-corrected chi connectivity index (χ4v) is 5.15. The Morgan fingerprint density at radius 2 is 1.86 bits per heavy atom. The van der Waals surface area contributed by atoms with E-state index < -0.39 is 0 Å². The maximum absolute atomic E-state index is 13.1. The van der Waals surface area contributed by atoms with Crippen molar-refractivity contribution < 1.29 is 4.79 Å². The van der Waals surface area contributed by atoms with Gasteiger partial charge >= 0.3 is 0 Å². The normalized spacial score (nSPS) is 14.2.